The van der Waals surface area contributed by atoms with E-state index >= 15 is 0 Å². The van der Waals surface area contributed by atoms with Gasteiger partial charge in [-0.2, -0.15) is 0 Å². The Kier molecular flexibility index (Phi) is 7.33. The summed E-state index contributed by atoms with van der Waals surface area (Å²) in [5.74, 6) is 1.33. The maximum Gasteiger partial charge on any atom is 0.318 e. The molecule has 3 amide bonds. The van der Waals surface area contributed by atoms with Crippen LogP contribution in [0.15, 0.2) is 54.7 Å². The molecule has 8 heteroatoms. The highest BCUT2D eigenvalue weighted by atomic mass is 16.5. The van der Waals surface area contributed by atoms with Gasteiger partial charge in [0.1, 0.15) is 12.3 Å². The topological polar surface area (TPSA) is 88.5 Å². The van der Waals surface area contributed by atoms with Crippen LogP contribution in [0.2, 0.25) is 0 Å². The van der Waals surface area contributed by atoms with Crippen LogP contribution in [0.5, 0.6) is 5.75 Å². The van der Waals surface area contributed by atoms with E-state index in [0.29, 0.717) is 24.1 Å². The molecule has 0 aliphatic heterocycles. The molecule has 1 aliphatic rings. The van der Waals surface area contributed by atoms with E-state index in [0.717, 1.165) is 35.4 Å². The Morgan fingerprint density at radius 1 is 1.08 bits per heavy atom. The van der Waals surface area contributed by atoms with Crippen LogP contribution in [0.1, 0.15) is 39.2 Å². The Balaban J connectivity index is 1.58. The highest BCUT2D eigenvalue weighted by molar-refractivity contribution is 5.93. The number of imidazole rings is 1. The van der Waals surface area contributed by atoms with Gasteiger partial charge in [-0.15, -0.1) is 0 Å². The third-order valence-corrected chi connectivity index (χ3v) is 5.93. The third-order valence-electron chi connectivity index (χ3n) is 5.93. The van der Waals surface area contributed by atoms with Gasteiger partial charge in [-0.1, -0.05) is 17.7 Å². The first-order valence-corrected chi connectivity index (χ1v) is 12.3. The second-order valence-electron chi connectivity index (χ2n) is 10.4. The number of aryl methyl sites for hydroxylation is 1. The van der Waals surface area contributed by atoms with Crippen LogP contribution in [-0.4, -0.2) is 52.1 Å². The van der Waals surface area contributed by atoms with Crippen LogP contribution >= 0.6 is 0 Å². The summed E-state index contributed by atoms with van der Waals surface area (Å²) < 4.78 is 7.12. The molecule has 0 atom stereocenters. The van der Waals surface area contributed by atoms with Crippen LogP contribution in [-0.2, 0) is 4.79 Å². The van der Waals surface area contributed by atoms with E-state index in [1.807, 2.05) is 87.0 Å². The highest BCUT2D eigenvalue weighted by Crippen LogP contribution is 2.30. The van der Waals surface area contributed by atoms with E-state index in [9.17, 15) is 9.59 Å². The third kappa shape index (κ3) is 6.65. The number of benzene rings is 2. The SMILES string of the molecule is COc1ccc(-c2cn(-c3ccc(C)cc3)c(NC(=O)CN(CC3CC3)C(=O)NC(C)(C)C)n2)cc1. The van der Waals surface area contributed by atoms with Crippen LogP contribution in [0.4, 0.5) is 10.7 Å². The van der Waals surface area contributed by atoms with E-state index in [2.05, 4.69) is 10.6 Å². The number of methoxy groups -OCH3 is 1. The Labute approximate surface area is 212 Å². The van der Waals surface area contributed by atoms with Crippen LogP contribution < -0.4 is 15.4 Å². The molecule has 1 aromatic heterocycles. The monoisotopic (exact) mass is 489 g/mol. The number of carbonyl (C=O) groups excluding carboxylic acids is 2. The molecule has 0 spiro atoms. The fraction of sp³-hybridized carbons (Fsp3) is 0.393. The first-order chi connectivity index (χ1) is 17.1. The lowest BCUT2D eigenvalue weighted by Crippen LogP contribution is -2.51. The van der Waals surface area contributed by atoms with Crippen LogP contribution in [0, 0.1) is 12.8 Å². The zero-order valence-corrected chi connectivity index (χ0v) is 21.7. The Morgan fingerprint density at radius 2 is 1.75 bits per heavy atom. The summed E-state index contributed by atoms with van der Waals surface area (Å²) in [6.45, 7) is 8.34. The molecular weight excluding hydrogens is 454 g/mol. The number of rotatable bonds is 8. The molecule has 1 fully saturated rings. The highest BCUT2D eigenvalue weighted by Gasteiger charge is 2.29. The van der Waals surface area contributed by atoms with E-state index in [4.69, 9.17) is 9.72 Å². The van der Waals surface area contributed by atoms with Crippen molar-refractivity contribution in [2.24, 2.45) is 5.92 Å². The summed E-state index contributed by atoms with van der Waals surface area (Å²) in [6.07, 6.45) is 4.07. The van der Waals surface area contributed by atoms with Crippen molar-refractivity contribution in [1.29, 1.82) is 0 Å². The van der Waals surface area contributed by atoms with E-state index in [1.165, 1.54) is 0 Å². The van der Waals surface area contributed by atoms with E-state index in [-0.39, 0.29) is 24.0 Å². The molecule has 0 saturated heterocycles. The van der Waals surface area contributed by atoms with Gasteiger partial charge in [-0.05, 0) is 82.9 Å². The lowest BCUT2D eigenvalue weighted by Gasteiger charge is -2.28. The number of amides is 3. The van der Waals surface area contributed by atoms with Crippen molar-refractivity contribution >= 4 is 17.9 Å². The molecule has 1 saturated carbocycles. The summed E-state index contributed by atoms with van der Waals surface area (Å²) in [5, 5.41) is 5.92. The van der Waals surface area contributed by atoms with Crippen LogP contribution in [0.25, 0.3) is 16.9 Å². The van der Waals surface area contributed by atoms with Crippen molar-refractivity contribution in [3.63, 3.8) is 0 Å². The summed E-state index contributed by atoms with van der Waals surface area (Å²) in [4.78, 5) is 32.4. The number of hydrogen-bond acceptors (Lipinski definition) is 4. The minimum atomic E-state index is -0.385. The van der Waals surface area contributed by atoms with Gasteiger partial charge < -0.3 is 15.0 Å². The molecule has 36 heavy (non-hydrogen) atoms. The molecule has 3 aromatic rings. The molecule has 2 N–H and O–H groups in total. The molecule has 190 valence electrons. The number of aromatic nitrogens is 2. The van der Waals surface area contributed by atoms with Gasteiger partial charge in [0, 0.05) is 29.5 Å². The van der Waals surface area contributed by atoms with Gasteiger partial charge >= 0.3 is 6.03 Å². The Morgan fingerprint density at radius 3 is 2.33 bits per heavy atom. The minimum absolute atomic E-state index is 0.0446. The fourth-order valence-electron chi connectivity index (χ4n) is 3.84. The predicted octanol–water partition coefficient (Wildman–Crippen LogP) is 5.01. The molecular formula is C28H35N5O3. The van der Waals surface area contributed by atoms with Gasteiger partial charge in [0.2, 0.25) is 11.9 Å². The summed E-state index contributed by atoms with van der Waals surface area (Å²) in [5.41, 5.74) is 3.25. The van der Waals surface area contributed by atoms with Gasteiger partial charge in [-0.3, -0.25) is 14.7 Å². The quantitative estimate of drug-likeness (QED) is 0.465. The van der Waals surface area contributed by atoms with Crippen molar-refractivity contribution in [2.45, 2.75) is 46.1 Å². The zero-order valence-electron chi connectivity index (χ0n) is 21.7. The molecule has 8 nitrogen and oxygen atoms in total. The van der Waals surface area contributed by atoms with Crippen LogP contribution in [0.3, 0.4) is 0 Å². The lowest BCUT2D eigenvalue weighted by atomic mass is 10.1. The van der Waals surface area contributed by atoms with E-state index < -0.39 is 0 Å². The minimum Gasteiger partial charge on any atom is -0.497 e. The van der Waals surface area contributed by atoms with Gasteiger partial charge in [0.25, 0.3) is 0 Å². The standard InChI is InChI=1S/C28H35N5O3/c1-19-6-12-22(13-7-19)33-17-24(21-10-14-23(36-5)15-11-21)29-26(33)30-25(34)18-32(16-20-8-9-20)27(35)31-28(2,3)4/h6-7,10-15,17,20H,8-9,16,18H2,1-5H3,(H,31,35)(H,29,30,34). The molecule has 0 unspecified atom stereocenters. The molecule has 4 rings (SSSR count). The first kappa shape index (κ1) is 25.3. The first-order valence-electron chi connectivity index (χ1n) is 12.3. The molecule has 2 aromatic carbocycles. The largest absolute Gasteiger partial charge is 0.497 e. The predicted molar refractivity (Wildman–Crippen MR) is 142 cm³/mol. The average molecular weight is 490 g/mol. The molecule has 0 bridgehead atoms. The molecule has 0 radical (unpaired) electrons. The summed E-state index contributed by atoms with van der Waals surface area (Å²) >= 11 is 0. The maximum absolute atomic E-state index is 13.2. The number of anilines is 1. The second-order valence-corrected chi connectivity index (χ2v) is 10.4. The molecule has 1 heterocycles. The number of urea groups is 1. The Bertz CT molecular complexity index is 1210. The number of carbonyl (C=O) groups is 2. The fourth-order valence-corrected chi connectivity index (χ4v) is 3.84. The smallest absolute Gasteiger partial charge is 0.318 e. The zero-order chi connectivity index (χ0) is 25.9. The van der Waals surface area contributed by atoms with Gasteiger partial charge in [0.15, 0.2) is 0 Å². The number of ether oxygens (including phenoxy) is 1. The maximum atomic E-state index is 13.2. The van der Waals surface area contributed by atoms with E-state index in [1.54, 1.807) is 12.0 Å². The van der Waals surface area contributed by atoms with Crippen molar-refractivity contribution < 1.29 is 14.3 Å². The number of nitrogens with one attached hydrogen (secondary N) is 2. The number of nitrogens with zero attached hydrogens (tertiary/aromatic N) is 3. The second kappa shape index (κ2) is 10.4. The number of hydrogen-bond donors (Lipinski definition) is 2. The normalized spacial score (nSPS) is 13.2. The average Bonchev–Trinajstić information content (AvgIpc) is 3.55. The molecule has 1 aliphatic carbocycles. The van der Waals surface area contributed by atoms with Crippen molar-refractivity contribution in [3.05, 3.63) is 60.3 Å². The van der Waals surface area contributed by atoms with Gasteiger partial charge in [-0.25, -0.2) is 9.78 Å². The van der Waals surface area contributed by atoms with Crippen molar-refractivity contribution in [1.82, 2.24) is 19.8 Å². The summed E-state index contributed by atoms with van der Waals surface area (Å²) in [6, 6.07) is 15.4. The Hall–Kier alpha value is -3.81. The van der Waals surface area contributed by atoms with Crippen molar-refractivity contribution in [2.75, 3.05) is 25.5 Å². The lowest BCUT2D eigenvalue weighted by molar-refractivity contribution is -0.116. The van der Waals surface area contributed by atoms with Crippen molar-refractivity contribution in [3.8, 4) is 22.7 Å². The van der Waals surface area contributed by atoms with Gasteiger partial charge in [0.05, 0.1) is 12.8 Å². The summed E-state index contributed by atoms with van der Waals surface area (Å²) in [7, 11) is 1.63.